The number of para-hydroxylation sites is 1. The normalized spacial score (nSPS) is 15.7. The van der Waals surface area contributed by atoms with Gasteiger partial charge < -0.3 is 10.2 Å². The van der Waals surface area contributed by atoms with Crippen molar-refractivity contribution in [1.82, 2.24) is 14.3 Å². The van der Waals surface area contributed by atoms with E-state index in [1.54, 1.807) is 11.3 Å². The van der Waals surface area contributed by atoms with Crippen molar-refractivity contribution in [2.75, 3.05) is 25.5 Å². The van der Waals surface area contributed by atoms with Gasteiger partial charge in [-0.15, -0.1) is 11.3 Å². The summed E-state index contributed by atoms with van der Waals surface area (Å²) in [6.07, 6.45) is 1.94. The first kappa shape index (κ1) is 16.5. The van der Waals surface area contributed by atoms with Crippen molar-refractivity contribution in [2.45, 2.75) is 25.7 Å². The Kier molecular flexibility index (Phi) is 4.43. The molecule has 0 bridgehead atoms. The highest BCUT2D eigenvalue weighted by molar-refractivity contribution is 7.18. The average Bonchev–Trinajstić information content (AvgIpc) is 3.24. The molecule has 0 saturated carbocycles. The largest absolute Gasteiger partial charge is 0.378 e. The van der Waals surface area contributed by atoms with Gasteiger partial charge in [0.1, 0.15) is 5.00 Å². The van der Waals surface area contributed by atoms with E-state index in [1.807, 2.05) is 24.9 Å². The number of thiazole rings is 1. The monoisotopic (exact) mass is 372 g/mol. The number of nitrogens with one attached hydrogen (secondary N) is 1. The number of carbonyl (C=O) groups excluding carboxylic acids is 1. The van der Waals surface area contributed by atoms with Crippen molar-refractivity contribution >= 4 is 44.0 Å². The summed E-state index contributed by atoms with van der Waals surface area (Å²) in [6.45, 7) is 3.45. The molecule has 4 rings (SSSR count). The van der Waals surface area contributed by atoms with Gasteiger partial charge in [-0.1, -0.05) is 12.1 Å². The predicted octanol–water partition coefficient (Wildman–Crippen LogP) is 4.12. The molecule has 1 aromatic carbocycles. The van der Waals surface area contributed by atoms with E-state index in [0.29, 0.717) is 5.92 Å². The molecule has 1 saturated heterocycles. The van der Waals surface area contributed by atoms with E-state index < -0.39 is 0 Å². The van der Waals surface area contributed by atoms with Gasteiger partial charge in [-0.2, -0.15) is 4.37 Å². The van der Waals surface area contributed by atoms with Crippen LogP contribution in [0.1, 0.15) is 39.8 Å². The molecule has 2 aromatic heterocycles. The number of likely N-dealkylation sites (tertiary alicyclic amines) is 1. The third kappa shape index (κ3) is 3.02. The minimum Gasteiger partial charge on any atom is -0.378 e. The highest BCUT2D eigenvalue weighted by Crippen LogP contribution is 2.35. The molecule has 0 atom stereocenters. The SMILES string of the molecule is CNc1snc(C)c1C(=O)N1CCC(c2nc3ccccc3s2)CC1. The molecule has 5 nitrogen and oxygen atoms in total. The van der Waals surface area contributed by atoms with E-state index >= 15 is 0 Å². The number of hydrogen-bond acceptors (Lipinski definition) is 6. The molecule has 0 radical (unpaired) electrons. The molecule has 7 heteroatoms. The van der Waals surface area contributed by atoms with Crippen LogP contribution in [-0.4, -0.2) is 40.3 Å². The van der Waals surface area contributed by atoms with E-state index in [0.717, 1.165) is 47.7 Å². The molecule has 1 amide bonds. The number of benzene rings is 1. The zero-order valence-corrected chi connectivity index (χ0v) is 15.9. The number of fused-ring (bicyclic) bond motifs is 1. The summed E-state index contributed by atoms with van der Waals surface area (Å²) in [7, 11) is 1.84. The maximum atomic E-state index is 12.9. The first-order valence-corrected chi connectivity index (χ1v) is 10.0. The molecule has 3 aromatic rings. The lowest BCUT2D eigenvalue weighted by atomic mass is 9.97. The quantitative estimate of drug-likeness (QED) is 0.751. The maximum absolute atomic E-state index is 12.9. The van der Waals surface area contributed by atoms with Crippen LogP contribution in [0.4, 0.5) is 5.00 Å². The summed E-state index contributed by atoms with van der Waals surface area (Å²) in [5.41, 5.74) is 2.62. The van der Waals surface area contributed by atoms with Gasteiger partial charge in [0.2, 0.25) is 0 Å². The van der Waals surface area contributed by atoms with Gasteiger partial charge in [0.15, 0.2) is 0 Å². The van der Waals surface area contributed by atoms with Crippen LogP contribution in [0.25, 0.3) is 10.2 Å². The third-order valence-electron chi connectivity index (χ3n) is 4.75. The van der Waals surface area contributed by atoms with E-state index in [9.17, 15) is 4.79 Å². The topological polar surface area (TPSA) is 58.1 Å². The number of hydrogen-bond donors (Lipinski definition) is 1. The highest BCUT2D eigenvalue weighted by Gasteiger charge is 2.29. The van der Waals surface area contributed by atoms with Crippen molar-refractivity contribution < 1.29 is 4.79 Å². The molecule has 3 heterocycles. The van der Waals surface area contributed by atoms with Gasteiger partial charge in [-0.25, -0.2) is 4.98 Å². The molecule has 25 heavy (non-hydrogen) atoms. The molecule has 1 N–H and O–H groups in total. The Hall–Kier alpha value is -1.99. The average molecular weight is 373 g/mol. The zero-order valence-electron chi connectivity index (χ0n) is 14.3. The van der Waals surface area contributed by atoms with Gasteiger partial charge in [-0.05, 0) is 43.4 Å². The summed E-state index contributed by atoms with van der Waals surface area (Å²) in [5, 5.41) is 5.15. The number of rotatable bonds is 3. The van der Waals surface area contributed by atoms with Gasteiger partial charge in [0.25, 0.3) is 5.91 Å². The molecule has 0 unspecified atom stereocenters. The molecule has 1 aliphatic heterocycles. The fourth-order valence-corrected chi connectivity index (χ4v) is 5.22. The molecular formula is C18H20N4OS2. The van der Waals surface area contributed by atoms with Gasteiger partial charge in [-0.3, -0.25) is 4.79 Å². The van der Waals surface area contributed by atoms with E-state index in [2.05, 4.69) is 27.9 Å². The molecule has 1 fully saturated rings. The Morgan fingerprint density at radius 3 is 2.76 bits per heavy atom. The van der Waals surface area contributed by atoms with Crippen LogP contribution in [0.3, 0.4) is 0 Å². The summed E-state index contributed by atoms with van der Waals surface area (Å²) >= 11 is 3.14. The maximum Gasteiger partial charge on any atom is 0.258 e. The Morgan fingerprint density at radius 2 is 2.04 bits per heavy atom. The Labute approximate surface area is 154 Å². The number of aryl methyl sites for hydroxylation is 1. The zero-order chi connectivity index (χ0) is 17.4. The van der Waals surface area contributed by atoms with Crippen LogP contribution in [0.2, 0.25) is 0 Å². The van der Waals surface area contributed by atoms with Crippen LogP contribution in [-0.2, 0) is 0 Å². The van der Waals surface area contributed by atoms with Gasteiger partial charge >= 0.3 is 0 Å². The van der Waals surface area contributed by atoms with E-state index in [1.165, 1.54) is 21.2 Å². The van der Waals surface area contributed by atoms with Crippen LogP contribution >= 0.6 is 22.9 Å². The Morgan fingerprint density at radius 1 is 1.28 bits per heavy atom. The fraction of sp³-hybridized carbons (Fsp3) is 0.389. The second-order valence-electron chi connectivity index (χ2n) is 6.31. The minimum atomic E-state index is 0.0957. The standard InChI is InChI=1S/C18H20N4OS2/c1-11-15(17(19-2)25-21-11)18(23)22-9-7-12(8-10-22)16-20-13-5-3-4-6-14(13)24-16/h3-6,12,19H,7-10H2,1-2H3. The number of amides is 1. The number of nitrogens with zero attached hydrogens (tertiary/aromatic N) is 3. The smallest absolute Gasteiger partial charge is 0.258 e. The Bertz CT molecular complexity index is 876. The fourth-order valence-electron chi connectivity index (χ4n) is 3.34. The molecule has 130 valence electrons. The van der Waals surface area contributed by atoms with Crippen molar-refractivity contribution in [2.24, 2.45) is 0 Å². The van der Waals surface area contributed by atoms with Crippen molar-refractivity contribution in [3.05, 3.63) is 40.5 Å². The first-order valence-electron chi connectivity index (χ1n) is 8.46. The summed E-state index contributed by atoms with van der Waals surface area (Å²) in [5.74, 6) is 0.547. The summed E-state index contributed by atoms with van der Waals surface area (Å²) < 4.78 is 5.56. The molecule has 1 aliphatic rings. The second kappa shape index (κ2) is 6.72. The van der Waals surface area contributed by atoms with Crippen LogP contribution in [0, 0.1) is 6.92 Å². The third-order valence-corrected chi connectivity index (χ3v) is 6.90. The number of aromatic nitrogens is 2. The van der Waals surface area contributed by atoms with Crippen molar-refractivity contribution in [3.8, 4) is 0 Å². The summed E-state index contributed by atoms with van der Waals surface area (Å²) in [4.78, 5) is 19.6. The number of anilines is 1. The van der Waals surface area contributed by atoms with Crippen LogP contribution < -0.4 is 5.32 Å². The minimum absolute atomic E-state index is 0.0957. The Balaban J connectivity index is 1.47. The molecular weight excluding hydrogens is 352 g/mol. The summed E-state index contributed by atoms with van der Waals surface area (Å²) in [6, 6.07) is 8.28. The lowest BCUT2D eigenvalue weighted by molar-refractivity contribution is 0.0713. The van der Waals surface area contributed by atoms with E-state index in [4.69, 9.17) is 4.98 Å². The lowest BCUT2D eigenvalue weighted by Crippen LogP contribution is -2.38. The van der Waals surface area contributed by atoms with Crippen molar-refractivity contribution in [1.29, 1.82) is 0 Å². The number of piperidine rings is 1. The lowest BCUT2D eigenvalue weighted by Gasteiger charge is -2.31. The second-order valence-corrected chi connectivity index (χ2v) is 8.14. The van der Waals surface area contributed by atoms with Gasteiger partial charge in [0.05, 0.1) is 26.5 Å². The van der Waals surface area contributed by atoms with E-state index in [-0.39, 0.29) is 5.91 Å². The molecule has 0 spiro atoms. The number of carbonyl (C=O) groups is 1. The van der Waals surface area contributed by atoms with Crippen LogP contribution in [0.15, 0.2) is 24.3 Å². The predicted molar refractivity (Wildman–Crippen MR) is 104 cm³/mol. The van der Waals surface area contributed by atoms with Crippen LogP contribution in [0.5, 0.6) is 0 Å². The van der Waals surface area contributed by atoms with Crippen molar-refractivity contribution in [3.63, 3.8) is 0 Å². The highest BCUT2D eigenvalue weighted by atomic mass is 32.1. The molecule has 0 aliphatic carbocycles. The van der Waals surface area contributed by atoms with Gasteiger partial charge in [0, 0.05) is 26.1 Å². The first-order chi connectivity index (χ1) is 12.2.